The second-order valence-corrected chi connectivity index (χ2v) is 8.48. The van der Waals surface area contributed by atoms with E-state index in [2.05, 4.69) is 39.8 Å². The first-order valence-electron chi connectivity index (χ1n) is 11.0. The van der Waals surface area contributed by atoms with E-state index in [1.807, 2.05) is 24.3 Å². The molecule has 0 aromatic heterocycles. The van der Waals surface area contributed by atoms with E-state index in [1.165, 1.54) is 5.56 Å². The number of hydrogen-bond acceptors (Lipinski definition) is 5. The van der Waals surface area contributed by atoms with Crippen LogP contribution in [0.3, 0.4) is 0 Å². The SMILES string of the molecule is CCC(C)(CO)c1ccc(OCCOc2c(COC)cc(C(C)C)cc2COC)cc1. The van der Waals surface area contributed by atoms with Crippen molar-refractivity contribution in [3.05, 3.63) is 58.7 Å². The van der Waals surface area contributed by atoms with Gasteiger partial charge >= 0.3 is 0 Å². The van der Waals surface area contributed by atoms with Crippen LogP contribution in [0, 0.1) is 0 Å². The van der Waals surface area contributed by atoms with Gasteiger partial charge in [0.2, 0.25) is 0 Å². The Hall–Kier alpha value is -2.08. The van der Waals surface area contributed by atoms with Gasteiger partial charge < -0.3 is 24.1 Å². The lowest BCUT2D eigenvalue weighted by Gasteiger charge is -2.26. The fourth-order valence-electron chi connectivity index (χ4n) is 3.49. The molecule has 0 saturated carbocycles. The summed E-state index contributed by atoms with van der Waals surface area (Å²) in [5.41, 5.74) is 4.17. The van der Waals surface area contributed by atoms with Gasteiger partial charge in [-0.05, 0) is 47.7 Å². The normalized spacial score (nSPS) is 13.3. The van der Waals surface area contributed by atoms with Crippen molar-refractivity contribution in [1.82, 2.24) is 0 Å². The van der Waals surface area contributed by atoms with Gasteiger partial charge in [0.15, 0.2) is 0 Å². The van der Waals surface area contributed by atoms with Gasteiger partial charge in [-0.1, -0.05) is 39.8 Å². The molecule has 2 rings (SSSR count). The summed E-state index contributed by atoms with van der Waals surface area (Å²) < 4.78 is 22.8. The Kier molecular flexibility index (Phi) is 9.82. The van der Waals surface area contributed by atoms with E-state index < -0.39 is 0 Å². The van der Waals surface area contributed by atoms with Crippen molar-refractivity contribution in [2.24, 2.45) is 0 Å². The van der Waals surface area contributed by atoms with Crippen LogP contribution in [0.15, 0.2) is 36.4 Å². The molecule has 0 spiro atoms. The van der Waals surface area contributed by atoms with Crippen LogP contribution in [0.5, 0.6) is 11.5 Å². The molecular weight excluding hydrogens is 392 g/mol. The van der Waals surface area contributed by atoms with E-state index in [4.69, 9.17) is 18.9 Å². The smallest absolute Gasteiger partial charge is 0.130 e. The molecular formula is C26H38O5. The largest absolute Gasteiger partial charge is 0.490 e. The van der Waals surface area contributed by atoms with Crippen molar-refractivity contribution in [2.45, 2.75) is 58.7 Å². The number of aliphatic hydroxyl groups is 1. The van der Waals surface area contributed by atoms with Crippen LogP contribution in [0.4, 0.5) is 0 Å². The predicted octanol–water partition coefficient (Wildman–Crippen LogP) is 5.22. The van der Waals surface area contributed by atoms with Gasteiger partial charge in [0.1, 0.15) is 24.7 Å². The highest BCUT2D eigenvalue weighted by Gasteiger charge is 2.23. The van der Waals surface area contributed by atoms with Gasteiger partial charge in [-0.2, -0.15) is 0 Å². The highest BCUT2D eigenvalue weighted by Crippen LogP contribution is 2.31. The monoisotopic (exact) mass is 430 g/mol. The Morgan fingerprint density at radius 3 is 1.90 bits per heavy atom. The van der Waals surface area contributed by atoms with Crippen LogP contribution < -0.4 is 9.47 Å². The molecule has 1 unspecified atom stereocenters. The maximum absolute atomic E-state index is 9.69. The molecule has 172 valence electrons. The summed E-state index contributed by atoms with van der Waals surface area (Å²) >= 11 is 0. The van der Waals surface area contributed by atoms with Gasteiger partial charge in [-0.3, -0.25) is 0 Å². The summed E-state index contributed by atoms with van der Waals surface area (Å²) in [4.78, 5) is 0. The van der Waals surface area contributed by atoms with Gasteiger partial charge in [0, 0.05) is 30.8 Å². The van der Waals surface area contributed by atoms with Crippen molar-refractivity contribution < 1.29 is 24.1 Å². The van der Waals surface area contributed by atoms with Crippen LogP contribution in [-0.2, 0) is 28.1 Å². The maximum atomic E-state index is 9.69. The average molecular weight is 431 g/mol. The number of benzene rings is 2. The third-order valence-electron chi connectivity index (χ3n) is 5.81. The maximum Gasteiger partial charge on any atom is 0.130 e. The van der Waals surface area contributed by atoms with E-state index >= 15 is 0 Å². The molecule has 0 amide bonds. The zero-order chi connectivity index (χ0) is 22.9. The zero-order valence-corrected chi connectivity index (χ0v) is 19.9. The Balaban J connectivity index is 2.04. The Bertz CT molecular complexity index is 767. The average Bonchev–Trinajstić information content (AvgIpc) is 2.78. The van der Waals surface area contributed by atoms with Gasteiger partial charge in [-0.15, -0.1) is 0 Å². The number of ether oxygens (including phenoxy) is 4. The minimum atomic E-state index is -0.223. The Labute approximate surface area is 187 Å². The molecule has 0 aliphatic heterocycles. The van der Waals surface area contributed by atoms with Crippen LogP contribution in [0.1, 0.15) is 62.3 Å². The fraction of sp³-hybridized carbons (Fsp3) is 0.538. The van der Waals surface area contributed by atoms with Crippen molar-refractivity contribution in [2.75, 3.05) is 34.0 Å². The highest BCUT2D eigenvalue weighted by molar-refractivity contribution is 5.45. The summed E-state index contributed by atoms with van der Waals surface area (Å²) in [6.45, 7) is 10.4. The molecule has 5 heteroatoms. The first-order valence-corrected chi connectivity index (χ1v) is 11.0. The molecule has 1 N–H and O–H groups in total. The molecule has 0 saturated heterocycles. The quantitative estimate of drug-likeness (QED) is 0.442. The first-order chi connectivity index (χ1) is 14.9. The van der Waals surface area contributed by atoms with E-state index in [1.54, 1.807) is 14.2 Å². The minimum Gasteiger partial charge on any atom is -0.490 e. The number of methoxy groups -OCH3 is 2. The molecule has 0 bridgehead atoms. The predicted molar refractivity (Wildman–Crippen MR) is 124 cm³/mol. The van der Waals surface area contributed by atoms with Gasteiger partial charge in [0.25, 0.3) is 0 Å². The molecule has 31 heavy (non-hydrogen) atoms. The summed E-state index contributed by atoms with van der Waals surface area (Å²) in [7, 11) is 3.38. The molecule has 2 aromatic rings. The first kappa shape index (κ1) is 25.2. The number of rotatable bonds is 13. The summed E-state index contributed by atoms with van der Waals surface area (Å²) in [5.74, 6) is 2.01. The molecule has 0 fully saturated rings. The van der Waals surface area contributed by atoms with Crippen LogP contribution in [0.2, 0.25) is 0 Å². The molecule has 2 aromatic carbocycles. The van der Waals surface area contributed by atoms with Gasteiger partial charge in [-0.25, -0.2) is 0 Å². The van der Waals surface area contributed by atoms with E-state index in [0.29, 0.717) is 32.3 Å². The Morgan fingerprint density at radius 1 is 0.903 bits per heavy atom. The van der Waals surface area contributed by atoms with E-state index in [9.17, 15) is 5.11 Å². The second-order valence-electron chi connectivity index (χ2n) is 8.48. The van der Waals surface area contributed by atoms with Crippen molar-refractivity contribution in [3.8, 4) is 11.5 Å². The molecule has 0 radical (unpaired) electrons. The molecule has 5 nitrogen and oxygen atoms in total. The number of aliphatic hydroxyl groups excluding tert-OH is 1. The van der Waals surface area contributed by atoms with E-state index in [0.717, 1.165) is 34.6 Å². The van der Waals surface area contributed by atoms with Crippen LogP contribution in [0.25, 0.3) is 0 Å². The summed E-state index contributed by atoms with van der Waals surface area (Å²) in [5, 5.41) is 9.69. The number of hydrogen-bond donors (Lipinski definition) is 1. The lowest BCUT2D eigenvalue weighted by molar-refractivity contribution is 0.163. The summed E-state index contributed by atoms with van der Waals surface area (Å²) in [6.07, 6.45) is 0.876. The lowest BCUT2D eigenvalue weighted by atomic mass is 9.81. The lowest BCUT2D eigenvalue weighted by Crippen LogP contribution is -2.25. The molecule has 0 aliphatic carbocycles. The Morgan fingerprint density at radius 2 is 1.45 bits per heavy atom. The van der Waals surface area contributed by atoms with Crippen molar-refractivity contribution in [3.63, 3.8) is 0 Å². The van der Waals surface area contributed by atoms with Gasteiger partial charge in [0.05, 0.1) is 19.8 Å². The third-order valence-corrected chi connectivity index (χ3v) is 5.81. The van der Waals surface area contributed by atoms with Crippen LogP contribution in [-0.4, -0.2) is 39.1 Å². The molecule has 1 atom stereocenters. The topological polar surface area (TPSA) is 57.2 Å². The standard InChI is InChI=1S/C26H38O5/c1-7-26(4,18-27)23-8-10-24(11-9-23)30-12-13-31-25-21(16-28-5)14-20(19(2)3)15-22(25)17-29-6/h8-11,14-15,19,27H,7,12-13,16-18H2,1-6H3. The minimum absolute atomic E-state index is 0.126. The van der Waals surface area contributed by atoms with Crippen molar-refractivity contribution >= 4 is 0 Å². The molecule has 0 aliphatic rings. The molecule has 0 heterocycles. The van der Waals surface area contributed by atoms with Crippen LogP contribution >= 0.6 is 0 Å². The van der Waals surface area contributed by atoms with E-state index in [-0.39, 0.29) is 12.0 Å². The summed E-state index contributed by atoms with van der Waals surface area (Å²) in [6, 6.07) is 12.2. The third kappa shape index (κ3) is 6.70. The van der Waals surface area contributed by atoms with Crippen molar-refractivity contribution in [1.29, 1.82) is 0 Å². The zero-order valence-electron chi connectivity index (χ0n) is 19.9. The highest BCUT2D eigenvalue weighted by atomic mass is 16.5. The fourth-order valence-corrected chi connectivity index (χ4v) is 3.49. The second kappa shape index (κ2) is 12.1.